The van der Waals surface area contributed by atoms with E-state index in [1.807, 2.05) is 0 Å². The Labute approximate surface area is 251 Å². The van der Waals surface area contributed by atoms with Crippen LogP contribution in [-0.4, -0.2) is 52.3 Å². The molecule has 0 unspecified atom stereocenters. The highest BCUT2D eigenvalue weighted by Crippen LogP contribution is 2.40. The standard InChI is InChI=1S/C28H22Br2N2O9/c1-37-18-7-5-17(6-8-18)32-26(34)19(25(33)31-28(32)36)10-14-9-16(29)13-20(30)23(14)41-27(35)15-11-21(38-2)24(40-4)22(12-15)39-3/h5-13H,1-4H3,(H,31,33,36)/b19-10-. The molecule has 0 bridgehead atoms. The molecule has 0 aliphatic carbocycles. The Morgan fingerprint density at radius 3 is 2.02 bits per heavy atom. The summed E-state index contributed by atoms with van der Waals surface area (Å²) in [7, 11) is 5.74. The maximum absolute atomic E-state index is 13.4. The van der Waals surface area contributed by atoms with Gasteiger partial charge in [-0.15, -0.1) is 0 Å². The van der Waals surface area contributed by atoms with Crippen molar-refractivity contribution in [2.45, 2.75) is 0 Å². The van der Waals surface area contributed by atoms with Crippen molar-refractivity contribution >= 4 is 67.4 Å². The fraction of sp³-hybridized carbons (Fsp3) is 0.143. The number of halogens is 2. The number of barbiturate groups is 1. The van der Waals surface area contributed by atoms with Gasteiger partial charge in [0.25, 0.3) is 11.8 Å². The lowest BCUT2D eigenvalue weighted by atomic mass is 10.1. The van der Waals surface area contributed by atoms with Gasteiger partial charge in [-0.2, -0.15) is 0 Å². The second-order valence-corrected chi connectivity index (χ2v) is 10.0. The Balaban J connectivity index is 1.74. The lowest BCUT2D eigenvalue weighted by Gasteiger charge is -2.26. The lowest BCUT2D eigenvalue weighted by Crippen LogP contribution is -2.54. The van der Waals surface area contributed by atoms with Gasteiger partial charge in [-0.25, -0.2) is 14.5 Å². The number of urea groups is 1. The number of hydrogen-bond donors (Lipinski definition) is 1. The Morgan fingerprint density at radius 2 is 1.46 bits per heavy atom. The first-order chi connectivity index (χ1) is 19.6. The highest BCUT2D eigenvalue weighted by molar-refractivity contribution is 9.11. The van der Waals surface area contributed by atoms with Gasteiger partial charge in [0.1, 0.15) is 11.3 Å². The molecule has 212 valence electrons. The van der Waals surface area contributed by atoms with Crippen LogP contribution in [0.1, 0.15) is 15.9 Å². The number of nitrogens with zero attached hydrogens (tertiary/aromatic N) is 1. The molecule has 11 nitrogen and oxygen atoms in total. The summed E-state index contributed by atoms with van der Waals surface area (Å²) in [6.07, 6.45) is 1.23. The topological polar surface area (TPSA) is 130 Å². The summed E-state index contributed by atoms with van der Waals surface area (Å²) in [6.45, 7) is 0. The fourth-order valence-corrected chi connectivity index (χ4v) is 5.26. The summed E-state index contributed by atoms with van der Waals surface area (Å²) in [6, 6.07) is 11.3. The number of benzene rings is 3. The predicted molar refractivity (Wildman–Crippen MR) is 155 cm³/mol. The summed E-state index contributed by atoms with van der Waals surface area (Å²) < 4.78 is 27.7. The van der Waals surface area contributed by atoms with Gasteiger partial charge < -0.3 is 23.7 Å². The van der Waals surface area contributed by atoms with Crippen molar-refractivity contribution in [3.8, 4) is 28.7 Å². The van der Waals surface area contributed by atoms with Crippen LogP contribution in [0.25, 0.3) is 6.08 Å². The largest absolute Gasteiger partial charge is 0.497 e. The highest BCUT2D eigenvalue weighted by atomic mass is 79.9. The van der Waals surface area contributed by atoms with Crippen LogP contribution in [0.3, 0.4) is 0 Å². The van der Waals surface area contributed by atoms with Crippen molar-refractivity contribution in [1.82, 2.24) is 5.32 Å². The van der Waals surface area contributed by atoms with Gasteiger partial charge >= 0.3 is 12.0 Å². The van der Waals surface area contributed by atoms with E-state index in [-0.39, 0.29) is 39.6 Å². The zero-order valence-electron chi connectivity index (χ0n) is 22.1. The van der Waals surface area contributed by atoms with Gasteiger partial charge in [0, 0.05) is 10.0 Å². The quantitative estimate of drug-likeness (QED) is 0.148. The fourth-order valence-electron chi connectivity index (χ4n) is 3.92. The number of esters is 1. The first-order valence-electron chi connectivity index (χ1n) is 11.7. The van der Waals surface area contributed by atoms with E-state index < -0.39 is 23.8 Å². The highest BCUT2D eigenvalue weighted by Gasteiger charge is 2.37. The molecule has 3 aromatic rings. The van der Waals surface area contributed by atoms with Gasteiger partial charge in [-0.05, 0) is 70.5 Å². The molecule has 1 fully saturated rings. The molecule has 41 heavy (non-hydrogen) atoms. The number of amides is 4. The number of hydrogen-bond acceptors (Lipinski definition) is 9. The minimum atomic E-state index is -0.914. The van der Waals surface area contributed by atoms with Crippen LogP contribution in [-0.2, 0) is 9.59 Å². The third-order valence-corrected chi connectivity index (χ3v) is 6.91. The summed E-state index contributed by atoms with van der Waals surface area (Å²) in [5.74, 6) is -1.28. The lowest BCUT2D eigenvalue weighted by molar-refractivity contribution is -0.122. The molecule has 1 aliphatic rings. The molecular formula is C28H22Br2N2O9. The van der Waals surface area contributed by atoms with Crippen LogP contribution < -0.4 is 33.9 Å². The maximum atomic E-state index is 13.4. The van der Waals surface area contributed by atoms with Crippen LogP contribution >= 0.6 is 31.9 Å². The summed E-state index contributed by atoms with van der Waals surface area (Å²) in [5, 5.41) is 2.17. The Bertz CT molecular complexity index is 1560. The third kappa shape index (κ3) is 6.05. The number of carbonyl (C=O) groups is 4. The number of imide groups is 2. The molecule has 1 aliphatic heterocycles. The SMILES string of the molecule is COc1ccc(N2C(=O)NC(=O)/C(=C/c3cc(Br)cc(Br)c3OC(=O)c3cc(OC)c(OC)c(OC)c3)C2=O)cc1. The van der Waals surface area contributed by atoms with E-state index in [2.05, 4.69) is 37.2 Å². The number of methoxy groups -OCH3 is 4. The molecular weight excluding hydrogens is 668 g/mol. The van der Waals surface area contributed by atoms with E-state index in [1.165, 1.54) is 58.8 Å². The smallest absolute Gasteiger partial charge is 0.343 e. The van der Waals surface area contributed by atoms with Gasteiger partial charge in [0.05, 0.1) is 44.2 Å². The number of nitrogens with one attached hydrogen (secondary N) is 1. The molecule has 0 saturated carbocycles. The molecule has 0 aromatic heterocycles. The summed E-state index contributed by atoms with van der Waals surface area (Å²) in [4.78, 5) is 52.9. The van der Waals surface area contributed by atoms with E-state index >= 15 is 0 Å². The maximum Gasteiger partial charge on any atom is 0.343 e. The number of anilines is 1. The molecule has 0 spiro atoms. The summed E-state index contributed by atoms with van der Waals surface area (Å²) >= 11 is 6.75. The monoisotopic (exact) mass is 688 g/mol. The van der Waals surface area contributed by atoms with Crippen molar-refractivity contribution in [2.24, 2.45) is 0 Å². The minimum absolute atomic E-state index is 0.00736. The number of ether oxygens (including phenoxy) is 5. The molecule has 1 N–H and O–H groups in total. The Hall–Kier alpha value is -4.36. The van der Waals surface area contributed by atoms with Crippen molar-refractivity contribution in [2.75, 3.05) is 33.3 Å². The van der Waals surface area contributed by atoms with Gasteiger partial charge in [0.2, 0.25) is 5.75 Å². The molecule has 4 rings (SSSR count). The van der Waals surface area contributed by atoms with Gasteiger partial charge in [-0.3, -0.25) is 14.9 Å². The summed E-state index contributed by atoms with van der Waals surface area (Å²) in [5.41, 5.74) is 0.122. The first kappa shape index (κ1) is 29.6. The minimum Gasteiger partial charge on any atom is -0.497 e. The van der Waals surface area contributed by atoms with Crippen LogP contribution in [0.5, 0.6) is 28.7 Å². The third-order valence-electron chi connectivity index (χ3n) is 5.86. The van der Waals surface area contributed by atoms with Crippen LogP contribution in [0.2, 0.25) is 0 Å². The second kappa shape index (κ2) is 12.4. The zero-order valence-corrected chi connectivity index (χ0v) is 25.2. The van der Waals surface area contributed by atoms with Crippen molar-refractivity contribution in [3.63, 3.8) is 0 Å². The van der Waals surface area contributed by atoms with Crippen LogP contribution in [0.15, 0.2) is 63.0 Å². The van der Waals surface area contributed by atoms with Crippen molar-refractivity contribution < 1.29 is 42.9 Å². The van der Waals surface area contributed by atoms with E-state index in [4.69, 9.17) is 23.7 Å². The molecule has 13 heteroatoms. The van der Waals surface area contributed by atoms with Gasteiger partial charge in [0.15, 0.2) is 17.2 Å². The number of rotatable bonds is 8. The predicted octanol–water partition coefficient (Wildman–Crippen LogP) is 5.13. The zero-order chi connectivity index (χ0) is 29.8. The van der Waals surface area contributed by atoms with E-state index in [0.717, 1.165) is 4.90 Å². The van der Waals surface area contributed by atoms with Crippen LogP contribution in [0, 0.1) is 0 Å². The second-order valence-electron chi connectivity index (χ2n) is 8.27. The van der Waals surface area contributed by atoms with Crippen LogP contribution in [0.4, 0.5) is 10.5 Å². The molecule has 1 saturated heterocycles. The average Bonchev–Trinajstić information content (AvgIpc) is 2.96. The molecule has 4 amide bonds. The normalized spacial score (nSPS) is 14.0. The number of carbonyl (C=O) groups excluding carboxylic acids is 4. The van der Waals surface area contributed by atoms with E-state index in [0.29, 0.717) is 20.4 Å². The van der Waals surface area contributed by atoms with E-state index in [9.17, 15) is 19.2 Å². The molecule has 0 atom stereocenters. The first-order valence-corrected chi connectivity index (χ1v) is 13.3. The van der Waals surface area contributed by atoms with Crippen molar-refractivity contribution in [3.05, 3.63) is 74.2 Å². The Morgan fingerprint density at radius 1 is 0.829 bits per heavy atom. The molecule has 3 aromatic carbocycles. The van der Waals surface area contributed by atoms with Gasteiger partial charge in [-0.1, -0.05) is 15.9 Å². The molecule has 0 radical (unpaired) electrons. The average molecular weight is 690 g/mol. The Kier molecular flexibility index (Phi) is 8.98. The molecule has 1 heterocycles. The van der Waals surface area contributed by atoms with E-state index in [1.54, 1.807) is 24.3 Å². The van der Waals surface area contributed by atoms with Crippen molar-refractivity contribution in [1.29, 1.82) is 0 Å².